The van der Waals surface area contributed by atoms with Crippen LogP contribution >= 0.6 is 15.9 Å². The van der Waals surface area contributed by atoms with E-state index in [4.69, 9.17) is 0 Å². The molecule has 1 nitrogen and oxygen atoms in total. The summed E-state index contributed by atoms with van der Waals surface area (Å²) >= 11 is 3.11. The van der Waals surface area contributed by atoms with Crippen LogP contribution in [0.25, 0.3) is 0 Å². The Morgan fingerprint density at radius 2 is 1.81 bits per heavy atom. The second-order valence-electron chi connectivity index (χ2n) is 4.58. The molecule has 0 aliphatic rings. The number of aliphatic hydroxyl groups is 1. The average molecular weight is 363 g/mol. The van der Waals surface area contributed by atoms with E-state index in [1.54, 1.807) is 6.07 Å². The zero-order chi connectivity index (χ0) is 15.6. The third-order valence-electron chi connectivity index (χ3n) is 3.03. The van der Waals surface area contributed by atoms with Crippen LogP contribution < -0.4 is 0 Å². The predicted molar refractivity (Wildman–Crippen MR) is 74.2 cm³/mol. The fourth-order valence-electron chi connectivity index (χ4n) is 1.94. The van der Waals surface area contributed by atoms with Crippen LogP contribution in [-0.4, -0.2) is 5.11 Å². The number of alkyl halides is 3. The minimum atomic E-state index is -4.47. The minimum Gasteiger partial charge on any atom is -0.388 e. The van der Waals surface area contributed by atoms with Crippen molar-refractivity contribution in [2.24, 2.45) is 0 Å². The predicted octanol–water partition coefficient (Wildman–Crippen LogP) is 4.88. The van der Waals surface area contributed by atoms with Gasteiger partial charge in [0.1, 0.15) is 5.82 Å². The van der Waals surface area contributed by atoms with Crippen LogP contribution in [0.5, 0.6) is 0 Å². The van der Waals surface area contributed by atoms with Gasteiger partial charge in [-0.1, -0.05) is 34.1 Å². The Kier molecular flexibility index (Phi) is 4.68. The third-order valence-corrected chi connectivity index (χ3v) is 3.52. The molecule has 21 heavy (non-hydrogen) atoms. The fourth-order valence-corrected chi connectivity index (χ4v) is 2.27. The van der Waals surface area contributed by atoms with Gasteiger partial charge in [0, 0.05) is 10.9 Å². The zero-order valence-corrected chi connectivity index (χ0v) is 12.2. The van der Waals surface area contributed by atoms with Crippen molar-refractivity contribution in [2.45, 2.75) is 18.7 Å². The van der Waals surface area contributed by atoms with Crippen LogP contribution in [0.15, 0.2) is 46.9 Å². The largest absolute Gasteiger partial charge is 0.416 e. The fraction of sp³-hybridized carbons (Fsp3) is 0.200. The van der Waals surface area contributed by atoms with Crippen molar-refractivity contribution >= 4 is 15.9 Å². The second-order valence-corrected chi connectivity index (χ2v) is 5.49. The molecule has 0 bridgehead atoms. The van der Waals surface area contributed by atoms with Crippen molar-refractivity contribution in [3.8, 4) is 0 Å². The molecule has 0 fully saturated rings. The molecule has 0 aromatic heterocycles. The highest BCUT2D eigenvalue weighted by molar-refractivity contribution is 9.10. The van der Waals surface area contributed by atoms with Crippen molar-refractivity contribution in [2.75, 3.05) is 0 Å². The van der Waals surface area contributed by atoms with Gasteiger partial charge in [-0.15, -0.1) is 0 Å². The van der Waals surface area contributed by atoms with Crippen molar-refractivity contribution in [1.29, 1.82) is 0 Å². The lowest BCUT2D eigenvalue weighted by molar-refractivity contribution is -0.137. The van der Waals surface area contributed by atoms with E-state index in [1.807, 2.05) is 0 Å². The van der Waals surface area contributed by atoms with Crippen molar-refractivity contribution in [3.05, 3.63) is 69.4 Å². The van der Waals surface area contributed by atoms with Gasteiger partial charge in [0.15, 0.2) is 0 Å². The molecule has 0 heterocycles. The summed E-state index contributed by atoms with van der Waals surface area (Å²) < 4.78 is 52.1. The number of rotatable bonds is 3. The molecule has 0 aliphatic carbocycles. The first kappa shape index (κ1) is 16.0. The summed E-state index contributed by atoms with van der Waals surface area (Å²) in [5.41, 5.74) is -0.495. The smallest absolute Gasteiger partial charge is 0.388 e. The van der Waals surface area contributed by atoms with E-state index in [-0.39, 0.29) is 17.5 Å². The zero-order valence-electron chi connectivity index (χ0n) is 10.7. The van der Waals surface area contributed by atoms with Crippen LogP contribution in [0, 0.1) is 5.82 Å². The van der Waals surface area contributed by atoms with Gasteiger partial charge in [-0.25, -0.2) is 4.39 Å². The highest BCUT2D eigenvalue weighted by atomic mass is 79.9. The molecule has 2 aromatic carbocycles. The van der Waals surface area contributed by atoms with Crippen molar-refractivity contribution in [1.82, 2.24) is 0 Å². The molecule has 0 saturated heterocycles. The van der Waals surface area contributed by atoms with Gasteiger partial charge in [-0.05, 0) is 35.4 Å². The standard InChI is InChI=1S/C15H11BrF4O/c16-12-5-4-9(13(17)8-12)7-14(21)10-2-1-3-11(6-10)15(18,19)20/h1-6,8,14,21H,7H2. The monoisotopic (exact) mass is 362 g/mol. The van der Waals surface area contributed by atoms with E-state index in [2.05, 4.69) is 15.9 Å². The molecule has 2 aromatic rings. The van der Waals surface area contributed by atoms with Crippen molar-refractivity contribution < 1.29 is 22.7 Å². The molecule has 0 radical (unpaired) electrons. The molecule has 0 spiro atoms. The van der Waals surface area contributed by atoms with Gasteiger partial charge in [-0.3, -0.25) is 0 Å². The summed E-state index contributed by atoms with van der Waals surface area (Å²) in [6.07, 6.45) is -5.78. The lowest BCUT2D eigenvalue weighted by atomic mass is 9.99. The number of aliphatic hydroxyl groups excluding tert-OH is 1. The Morgan fingerprint density at radius 1 is 1.10 bits per heavy atom. The summed E-state index contributed by atoms with van der Waals surface area (Å²) in [4.78, 5) is 0. The van der Waals surface area contributed by atoms with Gasteiger partial charge in [0.2, 0.25) is 0 Å². The quantitative estimate of drug-likeness (QED) is 0.771. The third kappa shape index (κ3) is 4.04. The van der Waals surface area contributed by atoms with Gasteiger partial charge in [0.05, 0.1) is 11.7 Å². The molecule has 2 rings (SSSR count). The van der Waals surface area contributed by atoms with Crippen molar-refractivity contribution in [3.63, 3.8) is 0 Å². The minimum absolute atomic E-state index is 0.0968. The average Bonchev–Trinajstić information content (AvgIpc) is 2.41. The molecule has 0 saturated carbocycles. The highest BCUT2D eigenvalue weighted by Gasteiger charge is 2.30. The maximum atomic E-state index is 13.7. The summed E-state index contributed by atoms with van der Waals surface area (Å²) in [6.45, 7) is 0. The molecular weight excluding hydrogens is 352 g/mol. The molecular formula is C15H11BrF4O. The Balaban J connectivity index is 2.22. The van der Waals surface area contributed by atoms with E-state index in [0.717, 1.165) is 12.1 Å². The van der Waals surface area contributed by atoms with Gasteiger partial charge in [0.25, 0.3) is 0 Å². The Hall–Kier alpha value is -1.40. The molecule has 0 aliphatic heterocycles. The molecule has 0 amide bonds. The Morgan fingerprint density at radius 3 is 2.43 bits per heavy atom. The Labute approximate surface area is 127 Å². The molecule has 1 atom stereocenters. The second kappa shape index (κ2) is 6.15. The van der Waals surface area contributed by atoms with Gasteiger partial charge in [-0.2, -0.15) is 13.2 Å². The van der Waals surface area contributed by atoms with E-state index in [0.29, 0.717) is 4.47 Å². The van der Waals surface area contributed by atoms with Crippen LogP contribution in [0.2, 0.25) is 0 Å². The van der Waals surface area contributed by atoms with Gasteiger partial charge >= 0.3 is 6.18 Å². The van der Waals surface area contributed by atoms with E-state index < -0.39 is 23.7 Å². The number of hydrogen-bond donors (Lipinski definition) is 1. The van der Waals surface area contributed by atoms with Gasteiger partial charge < -0.3 is 5.11 Å². The Bertz CT molecular complexity index is 640. The molecule has 1 unspecified atom stereocenters. The topological polar surface area (TPSA) is 20.2 Å². The first-order valence-electron chi connectivity index (χ1n) is 6.06. The lowest BCUT2D eigenvalue weighted by Gasteiger charge is -2.14. The summed E-state index contributed by atoms with van der Waals surface area (Å²) in [7, 11) is 0. The van der Waals surface area contributed by atoms with E-state index >= 15 is 0 Å². The molecule has 112 valence electrons. The van der Waals surface area contributed by atoms with Crippen LogP contribution in [0.4, 0.5) is 17.6 Å². The van der Waals surface area contributed by atoms with E-state index in [1.165, 1.54) is 24.3 Å². The summed E-state index contributed by atoms with van der Waals surface area (Å²) in [5, 5.41) is 10.0. The summed E-state index contributed by atoms with van der Waals surface area (Å²) in [5.74, 6) is -0.518. The number of benzene rings is 2. The number of halogens is 5. The lowest BCUT2D eigenvalue weighted by Crippen LogP contribution is -2.08. The molecule has 1 N–H and O–H groups in total. The van der Waals surface area contributed by atoms with Crippen LogP contribution in [0.1, 0.15) is 22.8 Å². The summed E-state index contributed by atoms with van der Waals surface area (Å²) in [6, 6.07) is 8.75. The maximum absolute atomic E-state index is 13.7. The maximum Gasteiger partial charge on any atom is 0.416 e. The molecule has 6 heteroatoms. The van der Waals surface area contributed by atoms with Crippen LogP contribution in [-0.2, 0) is 12.6 Å². The first-order chi connectivity index (χ1) is 9.77. The van der Waals surface area contributed by atoms with Crippen LogP contribution in [0.3, 0.4) is 0 Å². The SMILES string of the molecule is OC(Cc1ccc(Br)cc1F)c1cccc(C(F)(F)F)c1. The first-order valence-corrected chi connectivity index (χ1v) is 6.86. The highest BCUT2D eigenvalue weighted by Crippen LogP contribution is 2.31. The number of hydrogen-bond acceptors (Lipinski definition) is 1. The normalized spacial score (nSPS) is 13.2. The van der Waals surface area contributed by atoms with E-state index in [9.17, 15) is 22.7 Å².